The zero-order chi connectivity index (χ0) is 13.0. The maximum Gasteiger partial charge on any atom is 0.129 e. The zero-order valence-electron chi connectivity index (χ0n) is 10.7. The molecule has 6 heteroatoms. The van der Waals surface area contributed by atoms with Gasteiger partial charge in [0.15, 0.2) is 0 Å². The van der Waals surface area contributed by atoms with Gasteiger partial charge in [-0.3, -0.25) is 0 Å². The molecule has 98 valence electrons. The van der Waals surface area contributed by atoms with Crippen LogP contribution in [0.25, 0.3) is 0 Å². The fourth-order valence-electron chi connectivity index (χ4n) is 1.75. The van der Waals surface area contributed by atoms with Crippen LogP contribution in [-0.2, 0) is 20.1 Å². The first-order valence-electron chi connectivity index (χ1n) is 6.09. The first-order valence-corrected chi connectivity index (χ1v) is 6.47. The number of hydrogen-bond acceptors (Lipinski definition) is 3. The summed E-state index contributed by atoms with van der Waals surface area (Å²) in [5, 5.41) is 4.00. The fourth-order valence-corrected chi connectivity index (χ4v) is 1.90. The molecule has 2 aromatic heterocycles. The summed E-state index contributed by atoms with van der Waals surface area (Å²) in [6, 6.07) is 0. The Morgan fingerprint density at radius 3 is 2.83 bits per heavy atom. The first kappa shape index (κ1) is 13.1. The molecule has 0 aliphatic rings. The van der Waals surface area contributed by atoms with E-state index >= 15 is 0 Å². The minimum atomic E-state index is 0.649. The van der Waals surface area contributed by atoms with E-state index in [-0.39, 0.29) is 0 Å². The van der Waals surface area contributed by atoms with Gasteiger partial charge in [-0.1, -0.05) is 18.5 Å². The molecule has 0 aliphatic heterocycles. The van der Waals surface area contributed by atoms with Crippen molar-refractivity contribution < 1.29 is 0 Å². The standard InChI is InChI=1S/C12H18ClN5/c1-3-4-14-8-11-15-5-6-18(11)9-12-16-7-10(13)17(12)2/h5-7,14H,3-4,8-9H2,1-2H3. The lowest BCUT2D eigenvalue weighted by Crippen LogP contribution is -2.18. The normalized spacial score (nSPS) is 11.1. The lowest BCUT2D eigenvalue weighted by molar-refractivity contribution is 0.600. The van der Waals surface area contributed by atoms with Gasteiger partial charge in [0.25, 0.3) is 0 Å². The van der Waals surface area contributed by atoms with E-state index in [1.807, 2.05) is 24.0 Å². The Balaban J connectivity index is 2.05. The van der Waals surface area contributed by atoms with Crippen molar-refractivity contribution in [2.75, 3.05) is 6.54 Å². The lowest BCUT2D eigenvalue weighted by Gasteiger charge is -2.08. The summed E-state index contributed by atoms with van der Waals surface area (Å²) in [5.74, 6) is 1.94. The molecule has 2 aromatic rings. The molecule has 0 spiro atoms. The Labute approximate surface area is 112 Å². The van der Waals surface area contributed by atoms with Crippen LogP contribution in [0, 0.1) is 0 Å². The third-order valence-corrected chi connectivity index (χ3v) is 3.20. The van der Waals surface area contributed by atoms with E-state index < -0.39 is 0 Å². The van der Waals surface area contributed by atoms with Crippen LogP contribution in [0.15, 0.2) is 18.6 Å². The van der Waals surface area contributed by atoms with Crippen LogP contribution in [0.1, 0.15) is 25.0 Å². The predicted octanol–water partition coefficient (Wildman–Crippen LogP) is 1.82. The highest BCUT2D eigenvalue weighted by Crippen LogP contribution is 2.11. The molecule has 0 aliphatic carbocycles. The summed E-state index contributed by atoms with van der Waals surface area (Å²) < 4.78 is 3.96. The number of nitrogens with zero attached hydrogens (tertiary/aromatic N) is 4. The van der Waals surface area contributed by atoms with Crippen LogP contribution in [0.5, 0.6) is 0 Å². The molecule has 2 heterocycles. The van der Waals surface area contributed by atoms with Crippen molar-refractivity contribution in [1.82, 2.24) is 24.4 Å². The number of hydrogen-bond donors (Lipinski definition) is 1. The molecule has 0 fully saturated rings. The van der Waals surface area contributed by atoms with Gasteiger partial charge in [-0.25, -0.2) is 9.97 Å². The molecule has 5 nitrogen and oxygen atoms in total. The van der Waals surface area contributed by atoms with Gasteiger partial charge >= 0.3 is 0 Å². The van der Waals surface area contributed by atoms with Gasteiger partial charge in [0.1, 0.15) is 16.8 Å². The van der Waals surface area contributed by atoms with Crippen molar-refractivity contribution in [2.24, 2.45) is 7.05 Å². The lowest BCUT2D eigenvalue weighted by atomic mass is 10.4. The maximum absolute atomic E-state index is 5.97. The second-order valence-corrected chi connectivity index (χ2v) is 4.59. The second-order valence-electron chi connectivity index (χ2n) is 4.20. The highest BCUT2D eigenvalue weighted by molar-refractivity contribution is 6.29. The first-order chi connectivity index (χ1) is 8.72. The van der Waals surface area contributed by atoms with Gasteiger partial charge < -0.3 is 14.5 Å². The van der Waals surface area contributed by atoms with Gasteiger partial charge in [0, 0.05) is 19.4 Å². The Hall–Kier alpha value is -1.33. The zero-order valence-corrected chi connectivity index (χ0v) is 11.5. The highest BCUT2D eigenvalue weighted by atomic mass is 35.5. The number of rotatable bonds is 6. The van der Waals surface area contributed by atoms with Gasteiger partial charge in [-0.05, 0) is 13.0 Å². The average molecular weight is 268 g/mol. The van der Waals surface area contributed by atoms with Crippen molar-refractivity contribution in [1.29, 1.82) is 0 Å². The summed E-state index contributed by atoms with van der Waals surface area (Å²) in [7, 11) is 1.91. The Bertz CT molecular complexity index is 502. The average Bonchev–Trinajstić information content (AvgIpc) is 2.92. The predicted molar refractivity (Wildman–Crippen MR) is 71.5 cm³/mol. The largest absolute Gasteiger partial charge is 0.326 e. The highest BCUT2D eigenvalue weighted by Gasteiger charge is 2.08. The van der Waals surface area contributed by atoms with Crippen LogP contribution in [0.3, 0.4) is 0 Å². The minimum absolute atomic E-state index is 0.649. The van der Waals surface area contributed by atoms with E-state index in [1.165, 1.54) is 0 Å². The minimum Gasteiger partial charge on any atom is -0.326 e. The van der Waals surface area contributed by atoms with Crippen LogP contribution in [0.4, 0.5) is 0 Å². The molecule has 0 radical (unpaired) electrons. The third kappa shape index (κ3) is 2.91. The van der Waals surface area contributed by atoms with E-state index in [0.29, 0.717) is 11.7 Å². The van der Waals surface area contributed by atoms with E-state index in [0.717, 1.165) is 31.2 Å². The smallest absolute Gasteiger partial charge is 0.129 e. The number of nitrogens with one attached hydrogen (secondary N) is 1. The van der Waals surface area contributed by atoms with Crippen molar-refractivity contribution >= 4 is 11.6 Å². The van der Waals surface area contributed by atoms with Gasteiger partial charge in [-0.15, -0.1) is 0 Å². The summed E-state index contributed by atoms with van der Waals surface area (Å²) in [5.41, 5.74) is 0. The maximum atomic E-state index is 5.97. The number of aromatic nitrogens is 4. The topological polar surface area (TPSA) is 47.7 Å². The quantitative estimate of drug-likeness (QED) is 0.812. The summed E-state index contributed by atoms with van der Waals surface area (Å²) in [6.45, 7) is 4.61. The summed E-state index contributed by atoms with van der Waals surface area (Å²) >= 11 is 5.97. The van der Waals surface area contributed by atoms with Crippen LogP contribution >= 0.6 is 11.6 Å². The Morgan fingerprint density at radius 2 is 2.17 bits per heavy atom. The Kier molecular flexibility index (Phi) is 4.38. The third-order valence-electron chi connectivity index (χ3n) is 2.85. The van der Waals surface area contributed by atoms with Crippen LogP contribution in [-0.4, -0.2) is 25.6 Å². The molecular weight excluding hydrogens is 250 g/mol. The van der Waals surface area contributed by atoms with Gasteiger partial charge in [0.05, 0.1) is 19.3 Å². The molecule has 18 heavy (non-hydrogen) atoms. The van der Waals surface area contributed by atoms with Crippen LogP contribution < -0.4 is 5.32 Å². The number of halogens is 1. The molecular formula is C12H18ClN5. The Morgan fingerprint density at radius 1 is 1.33 bits per heavy atom. The van der Waals surface area contributed by atoms with E-state index in [1.54, 1.807) is 6.20 Å². The van der Waals surface area contributed by atoms with E-state index in [4.69, 9.17) is 11.6 Å². The van der Waals surface area contributed by atoms with Crippen LogP contribution in [0.2, 0.25) is 5.15 Å². The van der Waals surface area contributed by atoms with E-state index in [2.05, 4.69) is 26.8 Å². The molecule has 0 saturated heterocycles. The van der Waals surface area contributed by atoms with Crippen molar-refractivity contribution in [3.63, 3.8) is 0 Å². The molecule has 0 amide bonds. The van der Waals surface area contributed by atoms with Gasteiger partial charge in [-0.2, -0.15) is 0 Å². The fraction of sp³-hybridized carbons (Fsp3) is 0.500. The monoisotopic (exact) mass is 267 g/mol. The molecule has 0 bridgehead atoms. The molecule has 2 rings (SSSR count). The van der Waals surface area contributed by atoms with Gasteiger partial charge in [0.2, 0.25) is 0 Å². The molecule has 0 saturated carbocycles. The van der Waals surface area contributed by atoms with Crippen molar-refractivity contribution in [3.8, 4) is 0 Å². The molecule has 1 N–H and O–H groups in total. The van der Waals surface area contributed by atoms with Crippen molar-refractivity contribution in [2.45, 2.75) is 26.4 Å². The number of imidazole rings is 2. The summed E-state index contributed by atoms with van der Waals surface area (Å²) in [4.78, 5) is 8.64. The molecule has 0 atom stereocenters. The van der Waals surface area contributed by atoms with Crippen molar-refractivity contribution in [3.05, 3.63) is 35.4 Å². The SMILES string of the molecule is CCCNCc1nccn1Cc1ncc(Cl)n1C. The second kappa shape index (κ2) is 6.02. The van der Waals surface area contributed by atoms with E-state index in [9.17, 15) is 0 Å². The molecule has 0 aromatic carbocycles. The summed E-state index contributed by atoms with van der Waals surface area (Å²) in [6.07, 6.45) is 6.57. The molecule has 0 unspecified atom stereocenters.